The molecule has 2 heteroatoms. The average molecular weight is 163 g/mol. The molecule has 0 aliphatic carbocycles. The number of hydrogen-bond donors (Lipinski definition) is 0. The van der Waals surface area contributed by atoms with E-state index < -0.39 is 0 Å². The summed E-state index contributed by atoms with van der Waals surface area (Å²) in [6.45, 7) is 4.00. The Morgan fingerprint density at radius 2 is 1.92 bits per heavy atom. The van der Waals surface area contributed by atoms with Crippen molar-refractivity contribution >= 4 is 0 Å². The molecule has 0 amide bonds. The van der Waals surface area contributed by atoms with E-state index in [-0.39, 0.29) is 0 Å². The van der Waals surface area contributed by atoms with Crippen LogP contribution in [-0.2, 0) is 0 Å². The minimum Gasteiger partial charge on any atom is -0.481 e. The predicted molar refractivity (Wildman–Crippen MR) is 50.2 cm³/mol. The van der Waals surface area contributed by atoms with Crippen molar-refractivity contribution in [3.63, 3.8) is 0 Å². The Morgan fingerprint density at radius 3 is 2.33 bits per heavy atom. The summed E-state index contributed by atoms with van der Waals surface area (Å²) in [7, 11) is 1.63. The van der Waals surface area contributed by atoms with Gasteiger partial charge in [-0.15, -0.1) is 12.8 Å². The molecule has 0 saturated carbocycles. The highest BCUT2D eigenvalue weighted by Gasteiger charge is 1.96. The molecule has 0 spiro atoms. The molecule has 1 aromatic rings. The van der Waals surface area contributed by atoms with Gasteiger partial charge >= 0.3 is 0 Å². The van der Waals surface area contributed by atoms with Crippen LogP contribution in [0.3, 0.4) is 0 Å². The molecule has 0 fully saturated rings. The highest BCUT2D eigenvalue weighted by Crippen LogP contribution is 2.13. The van der Waals surface area contributed by atoms with Crippen LogP contribution in [0.25, 0.3) is 0 Å². The van der Waals surface area contributed by atoms with E-state index in [9.17, 15) is 0 Å². The molecule has 1 rings (SSSR count). The number of methoxy groups -OCH3 is 1. The van der Waals surface area contributed by atoms with Gasteiger partial charge in [-0.2, -0.15) is 0 Å². The maximum atomic E-state index is 4.99. The summed E-state index contributed by atoms with van der Waals surface area (Å²) in [5, 5.41) is 0. The summed E-state index contributed by atoms with van der Waals surface area (Å²) < 4.78 is 4.99. The number of hydrogen-bond acceptors (Lipinski definition) is 2. The number of terminal acetylenes is 1. The standard InChI is InChI=1S/C8H11NO.C2H2/c1-6-4-7(2)8(10-3)9-5-6;1-2/h4-5H,1-3H3;1-2H. The van der Waals surface area contributed by atoms with Crippen molar-refractivity contribution in [3.05, 3.63) is 23.4 Å². The Balaban J connectivity index is 0.000000561. The van der Waals surface area contributed by atoms with E-state index in [1.807, 2.05) is 19.9 Å². The second-order valence-corrected chi connectivity index (χ2v) is 2.34. The lowest BCUT2D eigenvalue weighted by Gasteiger charge is -2.01. The van der Waals surface area contributed by atoms with Gasteiger partial charge in [0.1, 0.15) is 0 Å². The van der Waals surface area contributed by atoms with Crippen LogP contribution in [0.15, 0.2) is 12.3 Å². The van der Waals surface area contributed by atoms with E-state index in [2.05, 4.69) is 17.8 Å². The van der Waals surface area contributed by atoms with Crippen molar-refractivity contribution in [2.75, 3.05) is 7.11 Å². The molecule has 0 aliphatic rings. The Hall–Kier alpha value is -1.49. The van der Waals surface area contributed by atoms with Gasteiger partial charge in [-0.05, 0) is 25.5 Å². The Kier molecular flexibility index (Phi) is 4.55. The number of nitrogens with zero attached hydrogens (tertiary/aromatic N) is 1. The Bertz CT molecular complexity index is 266. The van der Waals surface area contributed by atoms with Crippen LogP contribution in [0.5, 0.6) is 5.88 Å². The number of rotatable bonds is 1. The zero-order valence-corrected chi connectivity index (χ0v) is 7.66. The molecule has 1 aromatic heterocycles. The third-order valence-electron chi connectivity index (χ3n) is 1.36. The highest BCUT2D eigenvalue weighted by molar-refractivity contribution is 5.27. The summed E-state index contributed by atoms with van der Waals surface area (Å²) >= 11 is 0. The zero-order chi connectivity index (χ0) is 9.56. The lowest BCUT2D eigenvalue weighted by Crippen LogP contribution is -1.90. The van der Waals surface area contributed by atoms with Crippen LogP contribution >= 0.6 is 0 Å². The van der Waals surface area contributed by atoms with Gasteiger partial charge < -0.3 is 4.74 Å². The smallest absolute Gasteiger partial charge is 0.215 e. The molecule has 0 unspecified atom stereocenters. The van der Waals surface area contributed by atoms with E-state index in [0.29, 0.717) is 5.88 Å². The molecule has 0 radical (unpaired) electrons. The van der Waals surface area contributed by atoms with Gasteiger partial charge in [-0.25, -0.2) is 4.98 Å². The van der Waals surface area contributed by atoms with E-state index >= 15 is 0 Å². The maximum absolute atomic E-state index is 4.99. The molecule has 12 heavy (non-hydrogen) atoms. The Labute approximate surface area is 73.6 Å². The second kappa shape index (κ2) is 5.20. The fourth-order valence-corrected chi connectivity index (χ4v) is 0.916. The molecule has 0 aromatic carbocycles. The van der Waals surface area contributed by atoms with Crippen LogP contribution in [0.1, 0.15) is 11.1 Å². The summed E-state index contributed by atoms with van der Waals surface area (Å²) in [4.78, 5) is 4.07. The topological polar surface area (TPSA) is 22.1 Å². The molecule has 1 heterocycles. The van der Waals surface area contributed by atoms with Crippen LogP contribution in [0.2, 0.25) is 0 Å². The quantitative estimate of drug-likeness (QED) is 0.590. The fourth-order valence-electron chi connectivity index (χ4n) is 0.916. The van der Waals surface area contributed by atoms with Gasteiger partial charge in [0.15, 0.2) is 0 Å². The van der Waals surface area contributed by atoms with E-state index in [1.165, 1.54) is 5.56 Å². The second-order valence-electron chi connectivity index (χ2n) is 2.34. The molecule has 64 valence electrons. The summed E-state index contributed by atoms with van der Waals surface area (Å²) in [6, 6.07) is 2.05. The first-order valence-corrected chi connectivity index (χ1v) is 3.54. The van der Waals surface area contributed by atoms with E-state index in [0.717, 1.165) is 5.56 Å². The van der Waals surface area contributed by atoms with Crippen LogP contribution < -0.4 is 4.74 Å². The third kappa shape index (κ3) is 2.63. The van der Waals surface area contributed by atoms with E-state index in [4.69, 9.17) is 4.74 Å². The number of ether oxygens (including phenoxy) is 1. The van der Waals surface area contributed by atoms with Crippen molar-refractivity contribution in [1.82, 2.24) is 4.98 Å². The van der Waals surface area contributed by atoms with Crippen molar-refractivity contribution in [2.45, 2.75) is 13.8 Å². The lowest BCUT2D eigenvalue weighted by atomic mass is 10.2. The average Bonchev–Trinajstić information content (AvgIpc) is 2.08. The van der Waals surface area contributed by atoms with Crippen molar-refractivity contribution in [3.8, 4) is 18.7 Å². The van der Waals surface area contributed by atoms with Gasteiger partial charge in [0.25, 0.3) is 0 Å². The van der Waals surface area contributed by atoms with Gasteiger partial charge in [0.05, 0.1) is 7.11 Å². The fraction of sp³-hybridized carbons (Fsp3) is 0.300. The predicted octanol–water partition coefficient (Wildman–Crippen LogP) is 1.96. The zero-order valence-electron chi connectivity index (χ0n) is 7.66. The maximum Gasteiger partial charge on any atom is 0.215 e. The summed E-state index contributed by atoms with van der Waals surface area (Å²) in [5.41, 5.74) is 2.25. The molecule has 0 atom stereocenters. The van der Waals surface area contributed by atoms with Crippen LogP contribution in [0, 0.1) is 26.7 Å². The summed E-state index contributed by atoms with van der Waals surface area (Å²) in [5.74, 6) is 0.714. The monoisotopic (exact) mass is 163 g/mol. The molecule has 0 aliphatic heterocycles. The van der Waals surface area contributed by atoms with Crippen molar-refractivity contribution < 1.29 is 4.74 Å². The van der Waals surface area contributed by atoms with Crippen LogP contribution in [-0.4, -0.2) is 12.1 Å². The number of aromatic nitrogens is 1. The SMILES string of the molecule is C#C.COc1ncc(C)cc1C. The number of pyridine rings is 1. The Morgan fingerprint density at radius 1 is 1.33 bits per heavy atom. The van der Waals surface area contributed by atoms with Gasteiger partial charge in [0, 0.05) is 11.8 Å². The molecule has 2 nitrogen and oxygen atoms in total. The minimum absolute atomic E-state index is 0.714. The highest BCUT2D eigenvalue weighted by atomic mass is 16.5. The van der Waals surface area contributed by atoms with Crippen LogP contribution in [0.4, 0.5) is 0 Å². The van der Waals surface area contributed by atoms with Crippen molar-refractivity contribution in [2.24, 2.45) is 0 Å². The minimum atomic E-state index is 0.714. The van der Waals surface area contributed by atoms with Gasteiger partial charge in [-0.3, -0.25) is 0 Å². The first-order chi connectivity index (χ1) is 5.74. The molecule has 0 bridgehead atoms. The van der Waals surface area contributed by atoms with Gasteiger partial charge in [-0.1, -0.05) is 0 Å². The first-order valence-electron chi connectivity index (χ1n) is 3.54. The van der Waals surface area contributed by atoms with Gasteiger partial charge in [0.2, 0.25) is 5.88 Å². The molecular weight excluding hydrogens is 150 g/mol. The molecule has 0 N–H and O–H groups in total. The third-order valence-corrected chi connectivity index (χ3v) is 1.36. The number of aryl methyl sites for hydroxylation is 2. The lowest BCUT2D eigenvalue weighted by molar-refractivity contribution is 0.394. The van der Waals surface area contributed by atoms with E-state index in [1.54, 1.807) is 13.3 Å². The molecule has 0 saturated heterocycles. The first kappa shape index (κ1) is 10.5. The summed E-state index contributed by atoms with van der Waals surface area (Å²) in [6.07, 6.45) is 9.80. The van der Waals surface area contributed by atoms with Crippen molar-refractivity contribution in [1.29, 1.82) is 0 Å². The molecular formula is C10H13NO. The largest absolute Gasteiger partial charge is 0.481 e. The normalized spacial score (nSPS) is 8.08.